The molecule has 0 saturated carbocycles. The normalized spacial score (nSPS) is 18.8. The first-order valence-corrected chi connectivity index (χ1v) is 6.78. The van der Waals surface area contributed by atoms with Gasteiger partial charge in [0.1, 0.15) is 11.6 Å². The molecule has 1 unspecified atom stereocenters. The van der Waals surface area contributed by atoms with Crippen LogP contribution in [0.4, 0.5) is 8.78 Å². The molecule has 19 heavy (non-hydrogen) atoms. The fraction of sp³-hybridized carbons (Fsp3) is 0.600. The summed E-state index contributed by atoms with van der Waals surface area (Å²) in [6.45, 7) is 5.83. The summed E-state index contributed by atoms with van der Waals surface area (Å²) < 4.78 is 26.7. The molecule has 1 aromatic carbocycles. The van der Waals surface area contributed by atoms with E-state index in [0.717, 1.165) is 38.1 Å². The van der Waals surface area contributed by atoms with Crippen LogP contribution in [0.3, 0.4) is 0 Å². The number of benzene rings is 1. The van der Waals surface area contributed by atoms with Crippen LogP contribution in [0.5, 0.6) is 0 Å². The van der Waals surface area contributed by atoms with Crippen LogP contribution in [0, 0.1) is 11.6 Å². The average Bonchev–Trinajstić information content (AvgIpc) is 2.88. The fourth-order valence-corrected chi connectivity index (χ4v) is 2.66. The van der Waals surface area contributed by atoms with Crippen LogP contribution in [-0.2, 0) is 6.42 Å². The van der Waals surface area contributed by atoms with Crippen molar-refractivity contribution in [2.45, 2.75) is 44.8 Å². The van der Waals surface area contributed by atoms with Crippen molar-refractivity contribution < 1.29 is 13.9 Å². The summed E-state index contributed by atoms with van der Waals surface area (Å²) in [4.78, 5) is 2.22. The third kappa shape index (κ3) is 3.12. The topological polar surface area (TPSA) is 23.5 Å². The van der Waals surface area contributed by atoms with Crippen molar-refractivity contribution in [3.05, 3.63) is 35.4 Å². The maximum atomic E-state index is 13.6. The third-order valence-electron chi connectivity index (χ3n) is 4.16. The molecule has 2 nitrogen and oxygen atoms in total. The Morgan fingerprint density at radius 3 is 2.53 bits per heavy atom. The number of rotatable bonds is 4. The largest absolute Gasteiger partial charge is 0.391 e. The summed E-state index contributed by atoms with van der Waals surface area (Å²) in [6, 6.07) is 3.37. The van der Waals surface area contributed by atoms with Gasteiger partial charge in [-0.15, -0.1) is 0 Å². The van der Waals surface area contributed by atoms with E-state index in [9.17, 15) is 13.9 Å². The van der Waals surface area contributed by atoms with E-state index in [-0.39, 0.29) is 12.0 Å². The molecule has 1 atom stereocenters. The summed E-state index contributed by atoms with van der Waals surface area (Å²) in [6.07, 6.45) is 1.67. The lowest BCUT2D eigenvalue weighted by Gasteiger charge is -2.39. The molecule has 1 N–H and O–H groups in total. The van der Waals surface area contributed by atoms with Gasteiger partial charge in [0.05, 0.1) is 6.10 Å². The molecule has 0 radical (unpaired) electrons. The van der Waals surface area contributed by atoms with Crippen LogP contribution in [0.25, 0.3) is 0 Å². The molecule has 0 aliphatic carbocycles. The molecule has 1 saturated heterocycles. The quantitative estimate of drug-likeness (QED) is 0.908. The van der Waals surface area contributed by atoms with Gasteiger partial charge in [0.25, 0.3) is 0 Å². The molecule has 0 amide bonds. The van der Waals surface area contributed by atoms with E-state index in [1.54, 1.807) is 0 Å². The van der Waals surface area contributed by atoms with Gasteiger partial charge in [0.2, 0.25) is 0 Å². The van der Waals surface area contributed by atoms with Crippen LogP contribution >= 0.6 is 0 Å². The Labute approximate surface area is 113 Å². The van der Waals surface area contributed by atoms with Crippen molar-refractivity contribution in [2.24, 2.45) is 0 Å². The molecule has 0 spiro atoms. The number of likely N-dealkylation sites (tertiary alicyclic amines) is 1. The zero-order chi connectivity index (χ0) is 14.0. The predicted octanol–water partition coefficient (Wildman–Crippen LogP) is 2.74. The smallest absolute Gasteiger partial charge is 0.126 e. The zero-order valence-corrected chi connectivity index (χ0v) is 11.5. The Kier molecular flexibility index (Phi) is 4.21. The lowest BCUT2D eigenvalue weighted by molar-refractivity contribution is 0.00291. The average molecular weight is 269 g/mol. The lowest BCUT2D eigenvalue weighted by Crippen LogP contribution is -2.52. The van der Waals surface area contributed by atoms with E-state index in [0.29, 0.717) is 0 Å². The Balaban J connectivity index is 2.11. The van der Waals surface area contributed by atoms with Gasteiger partial charge in [-0.2, -0.15) is 0 Å². The molecular formula is C15H21F2NO. The first kappa shape index (κ1) is 14.4. The van der Waals surface area contributed by atoms with Crippen molar-refractivity contribution >= 4 is 0 Å². The molecule has 0 aromatic heterocycles. The molecule has 4 heteroatoms. The van der Waals surface area contributed by atoms with E-state index in [2.05, 4.69) is 4.90 Å². The van der Waals surface area contributed by atoms with E-state index in [4.69, 9.17) is 0 Å². The molecule has 0 bridgehead atoms. The van der Waals surface area contributed by atoms with Crippen LogP contribution in [0.1, 0.15) is 32.3 Å². The van der Waals surface area contributed by atoms with Gasteiger partial charge in [-0.25, -0.2) is 8.78 Å². The standard InChI is InChI=1S/C15H21F2NO/c1-15(2,18-7-3-4-8-18)14(19)10-11-9-12(16)5-6-13(11)17/h5-6,9,14,19H,3-4,7-8,10H2,1-2H3. The molecule has 106 valence electrons. The number of halogens is 2. The monoisotopic (exact) mass is 269 g/mol. The predicted molar refractivity (Wildman–Crippen MR) is 71.0 cm³/mol. The Bertz CT molecular complexity index is 442. The number of aliphatic hydroxyl groups excluding tert-OH is 1. The lowest BCUT2D eigenvalue weighted by atomic mass is 9.90. The summed E-state index contributed by atoms with van der Waals surface area (Å²) in [7, 11) is 0. The minimum atomic E-state index is -0.720. The van der Waals surface area contributed by atoms with Gasteiger partial charge in [-0.3, -0.25) is 4.90 Å². The van der Waals surface area contributed by atoms with Crippen molar-refractivity contribution in [3.8, 4) is 0 Å². The van der Waals surface area contributed by atoms with Gasteiger partial charge in [0.15, 0.2) is 0 Å². The first-order chi connectivity index (χ1) is 8.91. The zero-order valence-electron chi connectivity index (χ0n) is 11.5. The number of nitrogens with zero attached hydrogens (tertiary/aromatic N) is 1. The summed E-state index contributed by atoms with van der Waals surface area (Å²) in [5.74, 6) is -0.930. The minimum absolute atomic E-state index is 0.132. The van der Waals surface area contributed by atoms with Gasteiger partial charge in [0, 0.05) is 12.0 Å². The number of hydrogen-bond acceptors (Lipinski definition) is 2. The minimum Gasteiger partial charge on any atom is -0.391 e. The van der Waals surface area contributed by atoms with Crippen molar-refractivity contribution in [1.82, 2.24) is 4.90 Å². The molecule has 1 aliphatic heterocycles. The number of hydrogen-bond donors (Lipinski definition) is 1. The van der Waals surface area contributed by atoms with Crippen LogP contribution in [0.15, 0.2) is 18.2 Å². The first-order valence-electron chi connectivity index (χ1n) is 6.78. The molecule has 1 heterocycles. The third-order valence-corrected chi connectivity index (χ3v) is 4.16. The van der Waals surface area contributed by atoms with Crippen LogP contribution < -0.4 is 0 Å². The highest BCUT2D eigenvalue weighted by Crippen LogP contribution is 2.27. The van der Waals surface area contributed by atoms with Gasteiger partial charge in [-0.05, 0) is 63.5 Å². The summed E-state index contributed by atoms with van der Waals surface area (Å²) in [5, 5.41) is 10.4. The highest BCUT2D eigenvalue weighted by Gasteiger charge is 2.36. The summed E-state index contributed by atoms with van der Waals surface area (Å²) >= 11 is 0. The van der Waals surface area contributed by atoms with E-state index in [1.807, 2.05) is 13.8 Å². The molecule has 1 fully saturated rings. The van der Waals surface area contributed by atoms with Crippen molar-refractivity contribution in [3.63, 3.8) is 0 Å². The van der Waals surface area contributed by atoms with E-state index in [1.165, 1.54) is 6.07 Å². The SMILES string of the molecule is CC(C)(C(O)Cc1cc(F)ccc1F)N1CCCC1. The van der Waals surface area contributed by atoms with E-state index < -0.39 is 23.3 Å². The van der Waals surface area contributed by atoms with E-state index >= 15 is 0 Å². The maximum absolute atomic E-state index is 13.6. The maximum Gasteiger partial charge on any atom is 0.126 e. The fourth-order valence-electron chi connectivity index (χ4n) is 2.66. The molecule has 1 aliphatic rings. The van der Waals surface area contributed by atoms with Crippen LogP contribution in [0.2, 0.25) is 0 Å². The van der Waals surface area contributed by atoms with Gasteiger partial charge < -0.3 is 5.11 Å². The Morgan fingerprint density at radius 2 is 1.89 bits per heavy atom. The molecule has 1 aromatic rings. The Morgan fingerprint density at radius 1 is 1.26 bits per heavy atom. The molecule has 2 rings (SSSR count). The second-order valence-corrected chi connectivity index (χ2v) is 5.80. The van der Waals surface area contributed by atoms with Gasteiger partial charge >= 0.3 is 0 Å². The molecular weight excluding hydrogens is 248 g/mol. The summed E-state index contributed by atoms with van der Waals surface area (Å²) in [5.41, 5.74) is -0.185. The van der Waals surface area contributed by atoms with Crippen molar-refractivity contribution in [1.29, 1.82) is 0 Å². The van der Waals surface area contributed by atoms with Crippen LogP contribution in [-0.4, -0.2) is 34.7 Å². The second kappa shape index (κ2) is 5.55. The highest BCUT2D eigenvalue weighted by molar-refractivity contribution is 5.20. The Hall–Kier alpha value is -1.00. The number of aliphatic hydroxyl groups is 1. The second-order valence-electron chi connectivity index (χ2n) is 5.80. The van der Waals surface area contributed by atoms with Crippen molar-refractivity contribution in [2.75, 3.05) is 13.1 Å². The van der Waals surface area contributed by atoms with Gasteiger partial charge in [-0.1, -0.05) is 0 Å². The highest BCUT2D eigenvalue weighted by atomic mass is 19.1.